The van der Waals surface area contributed by atoms with Gasteiger partial charge in [0.05, 0.1) is 0 Å². The molecule has 0 aliphatic heterocycles. The Hall–Kier alpha value is -0.980. The van der Waals surface area contributed by atoms with Gasteiger partial charge in [-0.05, 0) is 23.1 Å². The summed E-state index contributed by atoms with van der Waals surface area (Å²) >= 11 is 0. The normalized spacial score (nSPS) is 18.3. The highest BCUT2D eigenvalue weighted by molar-refractivity contribution is 5.65. The van der Waals surface area contributed by atoms with Crippen molar-refractivity contribution in [1.82, 2.24) is 0 Å². The molecule has 0 heterocycles. The smallest absolute Gasteiger partial charge is 0.0426 e. The Labute approximate surface area is 55.6 Å². The average Bonchev–Trinajstić information content (AvgIpc) is 1.89. The molecule has 9 heavy (non-hydrogen) atoms. The highest BCUT2D eigenvalue weighted by Gasteiger charge is 2.20. The molecule has 1 aliphatic rings. The first-order valence-corrected chi connectivity index (χ1v) is 3.06. The van der Waals surface area contributed by atoms with Gasteiger partial charge in [-0.15, -0.1) is 0 Å². The van der Waals surface area contributed by atoms with Crippen LogP contribution in [0.15, 0.2) is 35.6 Å². The van der Waals surface area contributed by atoms with Crippen molar-refractivity contribution in [2.45, 2.75) is 13.3 Å². The lowest BCUT2D eigenvalue weighted by Gasteiger charge is -2.24. The van der Waals surface area contributed by atoms with Crippen LogP contribution in [0.4, 0.5) is 0 Å². The molecular weight excluding hydrogens is 110 g/mol. The number of nitrogens with two attached hydrogens (primary N) is 1. The van der Waals surface area contributed by atoms with Crippen molar-refractivity contribution in [1.29, 1.82) is 0 Å². The molecule has 0 amide bonds. The third-order valence-corrected chi connectivity index (χ3v) is 1.73. The molecule has 1 aliphatic carbocycles. The summed E-state index contributed by atoms with van der Waals surface area (Å²) in [6, 6.07) is 0. The van der Waals surface area contributed by atoms with Crippen LogP contribution in [0.25, 0.3) is 0 Å². The summed E-state index contributed by atoms with van der Waals surface area (Å²) in [6.45, 7) is 9.61. The molecule has 0 saturated heterocycles. The van der Waals surface area contributed by atoms with Gasteiger partial charge in [-0.3, -0.25) is 0 Å². The molecule has 0 fully saturated rings. The Bertz CT molecular complexity index is 209. The van der Waals surface area contributed by atoms with Crippen LogP contribution in [0.2, 0.25) is 0 Å². The Morgan fingerprint density at radius 2 is 1.89 bits per heavy atom. The fourth-order valence-corrected chi connectivity index (χ4v) is 1.03. The fourth-order valence-electron chi connectivity index (χ4n) is 1.03. The Morgan fingerprint density at radius 1 is 1.33 bits per heavy atom. The lowest BCUT2D eigenvalue weighted by Crippen LogP contribution is -2.17. The first-order valence-electron chi connectivity index (χ1n) is 3.06. The van der Waals surface area contributed by atoms with Crippen molar-refractivity contribution in [2.75, 3.05) is 0 Å². The van der Waals surface area contributed by atoms with Gasteiger partial charge in [-0.2, -0.15) is 0 Å². The second kappa shape index (κ2) is 1.76. The SMILES string of the molecule is C=C1C(=C)C(CC)=C1N. The maximum atomic E-state index is 5.59. The van der Waals surface area contributed by atoms with Gasteiger partial charge >= 0.3 is 0 Å². The molecule has 0 aromatic heterocycles. The Balaban J connectivity index is 2.96. The maximum Gasteiger partial charge on any atom is 0.0426 e. The van der Waals surface area contributed by atoms with Crippen LogP contribution in [0.5, 0.6) is 0 Å². The van der Waals surface area contributed by atoms with E-state index in [2.05, 4.69) is 20.1 Å². The first kappa shape index (κ1) is 6.14. The van der Waals surface area contributed by atoms with Gasteiger partial charge in [0, 0.05) is 5.70 Å². The average molecular weight is 121 g/mol. The molecule has 1 nitrogen and oxygen atoms in total. The maximum absolute atomic E-state index is 5.59. The van der Waals surface area contributed by atoms with E-state index in [1.165, 1.54) is 5.57 Å². The van der Waals surface area contributed by atoms with Gasteiger partial charge in [-0.1, -0.05) is 20.1 Å². The van der Waals surface area contributed by atoms with Crippen LogP contribution in [0, 0.1) is 0 Å². The molecule has 0 atom stereocenters. The summed E-state index contributed by atoms with van der Waals surface area (Å²) in [5.74, 6) is 0. The lowest BCUT2D eigenvalue weighted by molar-refractivity contribution is 1.01. The van der Waals surface area contributed by atoms with Crippen molar-refractivity contribution in [2.24, 2.45) is 5.73 Å². The molecule has 0 radical (unpaired) electrons. The van der Waals surface area contributed by atoms with E-state index in [0.29, 0.717) is 0 Å². The topological polar surface area (TPSA) is 26.0 Å². The van der Waals surface area contributed by atoms with Crippen molar-refractivity contribution in [3.8, 4) is 0 Å². The van der Waals surface area contributed by atoms with Crippen molar-refractivity contribution in [3.63, 3.8) is 0 Å². The van der Waals surface area contributed by atoms with Gasteiger partial charge in [0.1, 0.15) is 0 Å². The minimum Gasteiger partial charge on any atom is -0.398 e. The summed E-state index contributed by atoms with van der Waals surface area (Å²) in [6.07, 6.45) is 0.976. The minimum absolute atomic E-state index is 0.850. The lowest BCUT2D eigenvalue weighted by atomic mass is 9.83. The molecular formula is C8H11N. The zero-order chi connectivity index (χ0) is 7.02. The quantitative estimate of drug-likeness (QED) is 0.561. The van der Waals surface area contributed by atoms with E-state index in [-0.39, 0.29) is 0 Å². The van der Waals surface area contributed by atoms with Gasteiger partial charge in [0.15, 0.2) is 0 Å². The van der Waals surface area contributed by atoms with Crippen LogP contribution < -0.4 is 5.73 Å². The van der Waals surface area contributed by atoms with Gasteiger partial charge in [0.2, 0.25) is 0 Å². The molecule has 1 rings (SSSR count). The molecule has 0 aromatic rings. The third-order valence-electron chi connectivity index (χ3n) is 1.73. The second-order valence-corrected chi connectivity index (χ2v) is 2.20. The zero-order valence-corrected chi connectivity index (χ0v) is 5.70. The first-order chi connectivity index (χ1) is 4.18. The van der Waals surface area contributed by atoms with E-state index in [9.17, 15) is 0 Å². The van der Waals surface area contributed by atoms with Crippen LogP contribution >= 0.6 is 0 Å². The van der Waals surface area contributed by atoms with Crippen LogP contribution in [0.3, 0.4) is 0 Å². The number of rotatable bonds is 1. The zero-order valence-electron chi connectivity index (χ0n) is 5.70. The number of hydrogen-bond acceptors (Lipinski definition) is 1. The monoisotopic (exact) mass is 121 g/mol. The molecule has 0 aromatic carbocycles. The molecule has 0 unspecified atom stereocenters. The molecule has 0 saturated carbocycles. The van der Waals surface area contributed by atoms with E-state index in [4.69, 9.17) is 5.73 Å². The van der Waals surface area contributed by atoms with Crippen molar-refractivity contribution < 1.29 is 0 Å². The molecule has 0 bridgehead atoms. The standard InChI is InChI=1S/C8H11N/c1-4-7-5(2)6(3)8(7)9/h2-4,9H2,1H3. The number of allylic oxidation sites excluding steroid dienone is 2. The summed E-state index contributed by atoms with van der Waals surface area (Å²) in [5.41, 5.74) is 9.58. The van der Waals surface area contributed by atoms with Crippen LogP contribution in [-0.4, -0.2) is 0 Å². The predicted octanol–water partition coefficient (Wildman–Crippen LogP) is 1.74. The fraction of sp³-hybridized carbons (Fsp3) is 0.250. The van der Waals surface area contributed by atoms with Gasteiger partial charge in [0.25, 0.3) is 0 Å². The van der Waals surface area contributed by atoms with E-state index in [1.807, 2.05) is 0 Å². The van der Waals surface area contributed by atoms with Gasteiger partial charge < -0.3 is 5.73 Å². The summed E-state index contributed by atoms with van der Waals surface area (Å²) in [4.78, 5) is 0. The Morgan fingerprint density at radius 3 is 2.11 bits per heavy atom. The van der Waals surface area contributed by atoms with E-state index in [0.717, 1.165) is 23.3 Å². The molecule has 2 N–H and O–H groups in total. The predicted molar refractivity (Wildman–Crippen MR) is 39.8 cm³/mol. The van der Waals surface area contributed by atoms with Crippen LogP contribution in [0.1, 0.15) is 13.3 Å². The molecule has 48 valence electrons. The largest absolute Gasteiger partial charge is 0.398 e. The highest BCUT2D eigenvalue weighted by atomic mass is 14.6. The second-order valence-electron chi connectivity index (χ2n) is 2.20. The van der Waals surface area contributed by atoms with Crippen LogP contribution in [-0.2, 0) is 0 Å². The molecule has 1 heteroatoms. The van der Waals surface area contributed by atoms with Crippen molar-refractivity contribution in [3.05, 3.63) is 35.6 Å². The van der Waals surface area contributed by atoms with E-state index < -0.39 is 0 Å². The van der Waals surface area contributed by atoms with E-state index in [1.54, 1.807) is 0 Å². The molecule has 0 spiro atoms. The van der Waals surface area contributed by atoms with Crippen molar-refractivity contribution >= 4 is 0 Å². The third kappa shape index (κ3) is 0.611. The summed E-state index contributed by atoms with van der Waals surface area (Å²) in [7, 11) is 0. The van der Waals surface area contributed by atoms with Gasteiger partial charge in [-0.25, -0.2) is 0 Å². The summed E-state index contributed by atoms with van der Waals surface area (Å²) in [5, 5.41) is 0. The Kier molecular flexibility index (Phi) is 1.20. The minimum atomic E-state index is 0.850. The highest BCUT2D eigenvalue weighted by Crippen LogP contribution is 2.35. The summed E-state index contributed by atoms with van der Waals surface area (Å²) < 4.78 is 0. The number of hydrogen-bond donors (Lipinski definition) is 1. The van der Waals surface area contributed by atoms with E-state index >= 15 is 0 Å².